The summed E-state index contributed by atoms with van der Waals surface area (Å²) in [5.74, 6) is -0.355. The van der Waals surface area contributed by atoms with Gasteiger partial charge in [-0.3, -0.25) is 5.43 Å². The fraction of sp³-hybridized carbons (Fsp3) is 0.333. The first-order valence-electron chi connectivity index (χ1n) is 5.56. The summed E-state index contributed by atoms with van der Waals surface area (Å²) in [5, 5.41) is 7.20. The maximum Gasteiger partial charge on any atom is 0.187 e. The molecule has 4 nitrogen and oxygen atoms in total. The zero-order chi connectivity index (χ0) is 14.3. The molecule has 0 aliphatic heterocycles. The average Bonchev–Trinajstić information content (AvgIpc) is 2.32. The van der Waals surface area contributed by atoms with Gasteiger partial charge >= 0.3 is 0 Å². The summed E-state index contributed by atoms with van der Waals surface area (Å²) in [6.45, 7) is 2.46. The van der Waals surface area contributed by atoms with Crippen molar-refractivity contribution >= 4 is 39.5 Å². The molecule has 7 heteroatoms. The summed E-state index contributed by atoms with van der Waals surface area (Å²) in [6, 6.07) is 4.80. The zero-order valence-corrected chi connectivity index (χ0v) is 13.0. The van der Waals surface area contributed by atoms with Gasteiger partial charge in [-0.25, -0.2) is 4.39 Å². The second kappa shape index (κ2) is 8.19. The molecular weight excluding hydrogens is 333 g/mol. The van der Waals surface area contributed by atoms with E-state index in [4.69, 9.17) is 17.0 Å². The van der Waals surface area contributed by atoms with Gasteiger partial charge in [-0.1, -0.05) is 15.9 Å². The molecule has 1 aromatic rings. The Kier molecular flexibility index (Phi) is 6.90. The SMILES string of the molecule is COC[C@@H](C)NC(=S)N/N=C\c1ccc(Br)cc1F. The normalized spacial score (nSPS) is 12.4. The molecule has 0 saturated carbocycles. The lowest BCUT2D eigenvalue weighted by molar-refractivity contribution is 0.179. The minimum absolute atomic E-state index is 0.0737. The summed E-state index contributed by atoms with van der Waals surface area (Å²) < 4.78 is 19.1. The van der Waals surface area contributed by atoms with Crippen molar-refractivity contribution in [2.75, 3.05) is 13.7 Å². The molecule has 0 unspecified atom stereocenters. The zero-order valence-electron chi connectivity index (χ0n) is 10.6. The lowest BCUT2D eigenvalue weighted by Crippen LogP contribution is -2.40. The van der Waals surface area contributed by atoms with E-state index in [1.807, 2.05) is 6.92 Å². The van der Waals surface area contributed by atoms with Gasteiger partial charge in [0.2, 0.25) is 0 Å². The number of hydrogen-bond acceptors (Lipinski definition) is 3. The van der Waals surface area contributed by atoms with E-state index >= 15 is 0 Å². The number of benzene rings is 1. The number of methoxy groups -OCH3 is 1. The van der Waals surface area contributed by atoms with Gasteiger partial charge in [-0.2, -0.15) is 5.10 Å². The maximum atomic E-state index is 13.5. The van der Waals surface area contributed by atoms with Crippen LogP contribution < -0.4 is 10.7 Å². The van der Waals surface area contributed by atoms with Crippen LogP contribution in [0.3, 0.4) is 0 Å². The molecule has 1 atom stereocenters. The molecule has 1 aromatic carbocycles. The van der Waals surface area contributed by atoms with Crippen LogP contribution in [0, 0.1) is 5.82 Å². The molecule has 0 amide bonds. The van der Waals surface area contributed by atoms with Crippen molar-refractivity contribution in [3.05, 3.63) is 34.1 Å². The number of nitrogens with zero attached hydrogens (tertiary/aromatic N) is 1. The Bertz CT molecular complexity index is 470. The third kappa shape index (κ3) is 6.09. The van der Waals surface area contributed by atoms with Gasteiger partial charge in [0.15, 0.2) is 5.11 Å². The molecule has 0 bridgehead atoms. The van der Waals surface area contributed by atoms with E-state index in [0.717, 1.165) is 0 Å². The van der Waals surface area contributed by atoms with Gasteiger partial charge in [0.05, 0.1) is 12.8 Å². The predicted molar refractivity (Wildman–Crippen MR) is 81.9 cm³/mol. The summed E-state index contributed by atoms with van der Waals surface area (Å²) in [5.41, 5.74) is 3.00. The first-order chi connectivity index (χ1) is 9.02. The molecule has 0 aromatic heterocycles. The van der Waals surface area contributed by atoms with Gasteiger partial charge in [-0.05, 0) is 37.3 Å². The van der Waals surface area contributed by atoms with Crippen molar-refractivity contribution in [1.82, 2.24) is 10.7 Å². The van der Waals surface area contributed by atoms with Crippen LogP contribution in [0.1, 0.15) is 12.5 Å². The molecule has 104 valence electrons. The second-order valence-corrected chi connectivity index (χ2v) is 5.19. The second-order valence-electron chi connectivity index (χ2n) is 3.87. The number of nitrogens with one attached hydrogen (secondary N) is 2. The largest absolute Gasteiger partial charge is 0.383 e. The van der Waals surface area contributed by atoms with Gasteiger partial charge in [-0.15, -0.1) is 0 Å². The topological polar surface area (TPSA) is 45.6 Å². The highest BCUT2D eigenvalue weighted by Gasteiger charge is 2.02. The minimum Gasteiger partial charge on any atom is -0.383 e. The van der Waals surface area contributed by atoms with E-state index in [9.17, 15) is 4.39 Å². The highest BCUT2D eigenvalue weighted by atomic mass is 79.9. The first kappa shape index (κ1) is 16.0. The van der Waals surface area contributed by atoms with Gasteiger partial charge < -0.3 is 10.1 Å². The van der Waals surface area contributed by atoms with Crippen molar-refractivity contribution < 1.29 is 9.13 Å². The number of ether oxygens (including phenoxy) is 1. The summed E-state index contributed by atoms with van der Waals surface area (Å²) in [7, 11) is 1.61. The molecule has 0 saturated heterocycles. The van der Waals surface area contributed by atoms with E-state index in [-0.39, 0.29) is 11.9 Å². The van der Waals surface area contributed by atoms with Crippen molar-refractivity contribution in [3.8, 4) is 0 Å². The number of thiocarbonyl (C=S) groups is 1. The number of rotatable bonds is 5. The van der Waals surface area contributed by atoms with Crippen LogP contribution in [0.4, 0.5) is 4.39 Å². The van der Waals surface area contributed by atoms with Gasteiger partial charge in [0.1, 0.15) is 5.82 Å². The molecular formula is C12H15BrFN3OS. The fourth-order valence-electron chi connectivity index (χ4n) is 1.31. The van der Waals surface area contributed by atoms with Crippen LogP contribution in [-0.2, 0) is 4.74 Å². The molecule has 0 heterocycles. The molecule has 0 fully saturated rings. The van der Waals surface area contributed by atoms with Crippen LogP contribution in [0.2, 0.25) is 0 Å². The quantitative estimate of drug-likeness (QED) is 0.487. The van der Waals surface area contributed by atoms with Crippen molar-refractivity contribution in [3.63, 3.8) is 0 Å². The van der Waals surface area contributed by atoms with E-state index in [1.165, 1.54) is 12.3 Å². The Morgan fingerprint density at radius 1 is 1.63 bits per heavy atom. The third-order valence-electron chi connectivity index (χ3n) is 2.13. The molecule has 0 spiro atoms. The lowest BCUT2D eigenvalue weighted by Gasteiger charge is -2.13. The monoisotopic (exact) mass is 347 g/mol. The van der Waals surface area contributed by atoms with E-state index < -0.39 is 0 Å². The average molecular weight is 348 g/mol. The summed E-state index contributed by atoms with van der Waals surface area (Å²) in [4.78, 5) is 0. The Labute approximate surface area is 125 Å². The highest BCUT2D eigenvalue weighted by molar-refractivity contribution is 9.10. The minimum atomic E-state index is -0.355. The summed E-state index contributed by atoms with van der Waals surface area (Å²) in [6.07, 6.45) is 1.37. The Morgan fingerprint density at radius 3 is 3.00 bits per heavy atom. The smallest absolute Gasteiger partial charge is 0.187 e. The standard InChI is InChI=1S/C12H15BrFN3OS/c1-8(7-18-2)16-12(19)17-15-6-9-3-4-10(13)5-11(9)14/h3-6,8H,7H2,1-2H3,(H2,16,17,19)/b15-6-/t8-/m1/s1. The van der Waals surface area contributed by atoms with E-state index in [0.29, 0.717) is 21.8 Å². The molecule has 0 aliphatic rings. The Balaban J connectivity index is 2.47. The lowest BCUT2D eigenvalue weighted by atomic mass is 10.2. The van der Waals surface area contributed by atoms with Gasteiger partial charge in [0, 0.05) is 23.2 Å². The van der Waals surface area contributed by atoms with Crippen LogP contribution in [0.25, 0.3) is 0 Å². The van der Waals surface area contributed by atoms with E-state index in [1.54, 1.807) is 19.2 Å². The predicted octanol–water partition coefficient (Wildman–Crippen LogP) is 2.42. The Morgan fingerprint density at radius 2 is 2.37 bits per heavy atom. The van der Waals surface area contributed by atoms with Crippen molar-refractivity contribution in [2.45, 2.75) is 13.0 Å². The van der Waals surface area contributed by atoms with Crippen molar-refractivity contribution in [2.24, 2.45) is 5.10 Å². The molecule has 0 radical (unpaired) electrons. The van der Waals surface area contributed by atoms with Crippen molar-refractivity contribution in [1.29, 1.82) is 0 Å². The van der Waals surface area contributed by atoms with Crippen LogP contribution >= 0.6 is 28.1 Å². The summed E-state index contributed by atoms with van der Waals surface area (Å²) >= 11 is 8.21. The highest BCUT2D eigenvalue weighted by Crippen LogP contribution is 2.13. The molecule has 2 N–H and O–H groups in total. The third-order valence-corrected chi connectivity index (χ3v) is 2.83. The van der Waals surface area contributed by atoms with E-state index in [2.05, 4.69) is 31.8 Å². The van der Waals surface area contributed by atoms with Crippen LogP contribution in [0.5, 0.6) is 0 Å². The molecule has 1 rings (SSSR count). The number of halogens is 2. The number of hydrazone groups is 1. The van der Waals surface area contributed by atoms with Gasteiger partial charge in [0.25, 0.3) is 0 Å². The molecule has 19 heavy (non-hydrogen) atoms. The molecule has 0 aliphatic carbocycles. The Hall–Kier alpha value is -1.05. The number of hydrogen-bond donors (Lipinski definition) is 2. The maximum absolute atomic E-state index is 13.5. The van der Waals surface area contributed by atoms with Crippen LogP contribution in [0.15, 0.2) is 27.8 Å². The first-order valence-corrected chi connectivity index (χ1v) is 6.76. The van der Waals surface area contributed by atoms with Crippen LogP contribution in [-0.4, -0.2) is 31.1 Å². The fourth-order valence-corrected chi connectivity index (χ4v) is 1.90.